The molecule has 1 aromatic heterocycles. The molecule has 5 heteroatoms. The van der Waals surface area contributed by atoms with Crippen LogP contribution in [0.5, 0.6) is 0 Å². The van der Waals surface area contributed by atoms with Gasteiger partial charge in [0.2, 0.25) is 11.7 Å². The first kappa shape index (κ1) is 12.3. The molecule has 2 aromatic rings. The Morgan fingerprint density at radius 3 is 2.89 bits per heavy atom. The second-order valence-corrected chi connectivity index (χ2v) is 5.12. The van der Waals surface area contributed by atoms with Gasteiger partial charge in [-0.1, -0.05) is 11.6 Å². The molecular weight excluding hydrogens is 245 g/mol. The van der Waals surface area contributed by atoms with Crippen LogP contribution >= 0.6 is 0 Å². The first-order chi connectivity index (χ1) is 9.15. The first-order valence-corrected chi connectivity index (χ1v) is 6.51. The van der Waals surface area contributed by atoms with Gasteiger partial charge in [-0.2, -0.15) is 4.98 Å². The van der Waals surface area contributed by atoms with Crippen LogP contribution in [0.25, 0.3) is 11.4 Å². The van der Waals surface area contributed by atoms with Crippen LogP contribution in [0.15, 0.2) is 22.7 Å². The Balaban J connectivity index is 1.92. The van der Waals surface area contributed by atoms with Crippen molar-refractivity contribution >= 4 is 0 Å². The van der Waals surface area contributed by atoms with Crippen molar-refractivity contribution < 1.29 is 8.91 Å². The summed E-state index contributed by atoms with van der Waals surface area (Å²) >= 11 is 0. The zero-order valence-electron chi connectivity index (χ0n) is 10.8. The number of benzene rings is 1. The summed E-state index contributed by atoms with van der Waals surface area (Å²) in [5, 5.41) is 3.99. The lowest BCUT2D eigenvalue weighted by Crippen LogP contribution is -2.22. The third-order valence-electron chi connectivity index (χ3n) is 3.76. The molecule has 0 saturated heterocycles. The maximum Gasteiger partial charge on any atom is 0.231 e. The summed E-state index contributed by atoms with van der Waals surface area (Å²) in [6, 6.07) is 4.64. The van der Waals surface area contributed by atoms with E-state index in [-0.39, 0.29) is 17.8 Å². The van der Waals surface area contributed by atoms with Crippen molar-refractivity contribution in [3.05, 3.63) is 35.5 Å². The van der Waals surface area contributed by atoms with Crippen LogP contribution in [-0.4, -0.2) is 16.2 Å². The number of nitrogens with zero attached hydrogens (tertiary/aromatic N) is 2. The van der Waals surface area contributed by atoms with Crippen LogP contribution < -0.4 is 5.73 Å². The van der Waals surface area contributed by atoms with E-state index >= 15 is 0 Å². The molecule has 0 spiro atoms. The fourth-order valence-electron chi connectivity index (χ4n) is 2.67. The third kappa shape index (κ3) is 2.26. The van der Waals surface area contributed by atoms with E-state index in [1.807, 2.05) is 6.92 Å². The quantitative estimate of drug-likeness (QED) is 0.902. The minimum atomic E-state index is -0.261. The predicted octanol–water partition coefficient (Wildman–Crippen LogP) is 2.78. The Labute approximate surface area is 110 Å². The Morgan fingerprint density at radius 1 is 1.37 bits per heavy atom. The highest BCUT2D eigenvalue weighted by atomic mass is 19.1. The van der Waals surface area contributed by atoms with Crippen LogP contribution in [0.1, 0.15) is 36.6 Å². The first-order valence-electron chi connectivity index (χ1n) is 6.51. The number of aromatic nitrogens is 2. The molecule has 0 amide bonds. The summed E-state index contributed by atoms with van der Waals surface area (Å²) in [6.07, 6.45) is 3.09. The zero-order valence-corrected chi connectivity index (χ0v) is 10.8. The number of hydrogen-bond acceptors (Lipinski definition) is 4. The maximum absolute atomic E-state index is 13.1. The standard InChI is InChI=1S/C14H16FN3O/c1-8-7-9(15)5-6-10(8)13-17-14(19-18-13)11-3-2-4-12(11)16/h5-7,11-12H,2-4,16H2,1H3. The van der Waals surface area contributed by atoms with Gasteiger partial charge >= 0.3 is 0 Å². The molecule has 2 atom stereocenters. The molecule has 0 radical (unpaired) electrons. The van der Waals surface area contributed by atoms with E-state index in [1.165, 1.54) is 12.1 Å². The van der Waals surface area contributed by atoms with E-state index < -0.39 is 0 Å². The highest BCUT2D eigenvalue weighted by Crippen LogP contribution is 2.33. The SMILES string of the molecule is Cc1cc(F)ccc1-c1noc(C2CCCC2N)n1. The summed E-state index contributed by atoms with van der Waals surface area (Å²) in [5.41, 5.74) is 7.62. The van der Waals surface area contributed by atoms with Gasteiger partial charge in [0.25, 0.3) is 0 Å². The molecule has 4 nitrogen and oxygen atoms in total. The Bertz CT molecular complexity index is 596. The van der Waals surface area contributed by atoms with Crippen LogP contribution in [0.3, 0.4) is 0 Å². The van der Waals surface area contributed by atoms with Crippen molar-refractivity contribution in [2.45, 2.75) is 38.1 Å². The topological polar surface area (TPSA) is 64.9 Å². The molecule has 0 bridgehead atoms. The molecule has 3 rings (SSSR count). The zero-order chi connectivity index (χ0) is 13.4. The molecule has 1 aliphatic carbocycles. The summed E-state index contributed by atoms with van der Waals surface area (Å²) < 4.78 is 18.4. The van der Waals surface area contributed by atoms with Crippen molar-refractivity contribution in [2.75, 3.05) is 0 Å². The third-order valence-corrected chi connectivity index (χ3v) is 3.76. The number of aryl methyl sites for hydroxylation is 1. The van der Waals surface area contributed by atoms with E-state index in [2.05, 4.69) is 10.1 Å². The van der Waals surface area contributed by atoms with Gasteiger partial charge in [0.05, 0.1) is 5.92 Å². The average Bonchev–Trinajstić information content (AvgIpc) is 2.97. The van der Waals surface area contributed by atoms with Crippen LogP contribution in [0, 0.1) is 12.7 Å². The fraction of sp³-hybridized carbons (Fsp3) is 0.429. The van der Waals surface area contributed by atoms with E-state index in [1.54, 1.807) is 6.07 Å². The molecule has 1 heterocycles. The number of halogens is 1. The van der Waals surface area contributed by atoms with Crippen LogP contribution in [0.4, 0.5) is 4.39 Å². The van der Waals surface area contributed by atoms with Crippen molar-refractivity contribution in [3.8, 4) is 11.4 Å². The van der Waals surface area contributed by atoms with E-state index in [4.69, 9.17) is 10.3 Å². The van der Waals surface area contributed by atoms with Gasteiger partial charge < -0.3 is 10.3 Å². The predicted molar refractivity (Wildman–Crippen MR) is 69.0 cm³/mol. The lowest BCUT2D eigenvalue weighted by Gasteiger charge is -2.08. The summed E-state index contributed by atoms with van der Waals surface area (Å²) in [4.78, 5) is 4.42. The average molecular weight is 261 g/mol. The molecule has 0 aliphatic heterocycles. The highest BCUT2D eigenvalue weighted by molar-refractivity contribution is 5.59. The Hall–Kier alpha value is -1.75. The molecule has 19 heavy (non-hydrogen) atoms. The van der Waals surface area contributed by atoms with Crippen LogP contribution in [0.2, 0.25) is 0 Å². The fourth-order valence-corrected chi connectivity index (χ4v) is 2.67. The minimum absolute atomic E-state index is 0.0996. The second-order valence-electron chi connectivity index (χ2n) is 5.12. The molecule has 2 unspecified atom stereocenters. The largest absolute Gasteiger partial charge is 0.339 e. The van der Waals surface area contributed by atoms with Gasteiger partial charge in [0.15, 0.2) is 0 Å². The van der Waals surface area contributed by atoms with Gasteiger partial charge in [-0.25, -0.2) is 4.39 Å². The Kier molecular flexibility index (Phi) is 3.06. The van der Waals surface area contributed by atoms with Gasteiger partial charge in [-0.05, 0) is 43.5 Å². The molecule has 2 N–H and O–H groups in total. The normalized spacial score (nSPS) is 22.9. The highest BCUT2D eigenvalue weighted by Gasteiger charge is 2.30. The Morgan fingerprint density at radius 2 is 2.21 bits per heavy atom. The van der Waals surface area contributed by atoms with Crippen molar-refractivity contribution in [1.29, 1.82) is 0 Å². The molecular formula is C14H16FN3O. The van der Waals surface area contributed by atoms with Crippen molar-refractivity contribution in [2.24, 2.45) is 5.73 Å². The summed E-state index contributed by atoms with van der Waals surface area (Å²) in [6.45, 7) is 1.83. The van der Waals surface area contributed by atoms with Gasteiger partial charge in [-0.15, -0.1) is 0 Å². The van der Waals surface area contributed by atoms with E-state index in [0.29, 0.717) is 11.7 Å². The number of rotatable bonds is 2. The van der Waals surface area contributed by atoms with Gasteiger partial charge in [0.1, 0.15) is 5.82 Å². The van der Waals surface area contributed by atoms with Gasteiger partial charge in [0, 0.05) is 11.6 Å². The van der Waals surface area contributed by atoms with Crippen molar-refractivity contribution in [3.63, 3.8) is 0 Å². The molecule has 100 valence electrons. The molecule has 1 aliphatic rings. The molecule has 1 saturated carbocycles. The van der Waals surface area contributed by atoms with Gasteiger partial charge in [-0.3, -0.25) is 0 Å². The number of hydrogen-bond donors (Lipinski definition) is 1. The summed E-state index contributed by atoms with van der Waals surface area (Å²) in [5.74, 6) is 1.00. The van der Waals surface area contributed by atoms with E-state index in [9.17, 15) is 4.39 Å². The number of nitrogens with two attached hydrogens (primary N) is 1. The lowest BCUT2D eigenvalue weighted by molar-refractivity contribution is 0.345. The lowest BCUT2D eigenvalue weighted by atomic mass is 10.0. The smallest absolute Gasteiger partial charge is 0.231 e. The molecule has 1 aromatic carbocycles. The second kappa shape index (κ2) is 4.74. The maximum atomic E-state index is 13.1. The minimum Gasteiger partial charge on any atom is -0.339 e. The van der Waals surface area contributed by atoms with Crippen molar-refractivity contribution in [1.82, 2.24) is 10.1 Å². The summed E-state index contributed by atoms with van der Waals surface area (Å²) in [7, 11) is 0. The van der Waals surface area contributed by atoms with E-state index in [0.717, 1.165) is 30.4 Å². The monoisotopic (exact) mass is 261 g/mol. The molecule has 1 fully saturated rings. The van der Waals surface area contributed by atoms with Crippen LogP contribution in [-0.2, 0) is 0 Å².